The second-order valence-electron chi connectivity index (χ2n) is 4.72. The number of carbonyl (C=O) groups excluding carboxylic acids is 3. The van der Waals surface area contributed by atoms with Crippen molar-refractivity contribution in [3.8, 4) is 0 Å². The highest BCUT2D eigenvalue weighted by Gasteiger charge is 2.36. The SMILES string of the molecule is C=CN1CCC(C(=O)OCCCCNC(=O)/C=C\C)C1=O. The summed E-state index contributed by atoms with van der Waals surface area (Å²) in [4.78, 5) is 36.1. The minimum atomic E-state index is -0.697. The van der Waals surface area contributed by atoms with Crippen molar-refractivity contribution in [1.82, 2.24) is 10.2 Å². The van der Waals surface area contributed by atoms with Crippen LogP contribution in [0.1, 0.15) is 26.2 Å². The van der Waals surface area contributed by atoms with Crippen LogP contribution < -0.4 is 5.32 Å². The number of likely N-dealkylation sites (tertiary alicyclic amines) is 1. The van der Waals surface area contributed by atoms with E-state index in [0.29, 0.717) is 32.4 Å². The third kappa shape index (κ3) is 5.41. The molecule has 1 aliphatic heterocycles. The molecule has 1 fully saturated rings. The van der Waals surface area contributed by atoms with Gasteiger partial charge in [0.1, 0.15) is 5.92 Å². The Kier molecular flexibility index (Phi) is 7.21. The standard InChI is InChI=1S/C15H22N2O4/c1-3-7-13(18)16-9-5-6-11-21-15(20)12-8-10-17(4-2)14(12)19/h3-4,7,12H,2,5-6,8-11H2,1H3,(H,16,18)/b7-3-. The van der Waals surface area contributed by atoms with E-state index < -0.39 is 11.9 Å². The molecular formula is C15H22N2O4. The van der Waals surface area contributed by atoms with E-state index in [9.17, 15) is 14.4 Å². The van der Waals surface area contributed by atoms with E-state index in [1.54, 1.807) is 13.0 Å². The fraction of sp³-hybridized carbons (Fsp3) is 0.533. The molecule has 2 amide bonds. The van der Waals surface area contributed by atoms with Crippen LogP contribution in [0.2, 0.25) is 0 Å². The molecule has 1 unspecified atom stereocenters. The van der Waals surface area contributed by atoms with Crippen LogP contribution in [0, 0.1) is 5.92 Å². The molecule has 1 N–H and O–H groups in total. The average molecular weight is 294 g/mol. The molecule has 1 rings (SSSR count). The summed E-state index contributed by atoms with van der Waals surface area (Å²) in [6.45, 7) is 6.61. The smallest absolute Gasteiger partial charge is 0.318 e. The fourth-order valence-corrected chi connectivity index (χ4v) is 2.02. The minimum Gasteiger partial charge on any atom is -0.465 e. The Bertz CT molecular complexity index is 431. The number of hydrogen-bond donors (Lipinski definition) is 1. The molecule has 21 heavy (non-hydrogen) atoms. The van der Waals surface area contributed by atoms with E-state index >= 15 is 0 Å². The molecule has 1 heterocycles. The maximum absolute atomic E-state index is 11.8. The van der Waals surface area contributed by atoms with Crippen LogP contribution in [0.25, 0.3) is 0 Å². The lowest BCUT2D eigenvalue weighted by Crippen LogP contribution is -2.28. The molecule has 0 aliphatic carbocycles. The number of nitrogens with zero attached hydrogens (tertiary/aromatic N) is 1. The molecule has 6 heteroatoms. The summed E-state index contributed by atoms with van der Waals surface area (Å²) in [7, 11) is 0. The van der Waals surface area contributed by atoms with Gasteiger partial charge in [-0.2, -0.15) is 0 Å². The van der Waals surface area contributed by atoms with Crippen molar-refractivity contribution in [2.45, 2.75) is 26.2 Å². The molecule has 116 valence electrons. The van der Waals surface area contributed by atoms with Gasteiger partial charge in [0, 0.05) is 13.1 Å². The second-order valence-corrected chi connectivity index (χ2v) is 4.72. The van der Waals surface area contributed by atoms with Gasteiger partial charge in [-0.25, -0.2) is 0 Å². The molecule has 0 saturated carbocycles. The fourth-order valence-electron chi connectivity index (χ4n) is 2.02. The summed E-state index contributed by atoms with van der Waals surface area (Å²) in [6.07, 6.45) is 6.40. The predicted molar refractivity (Wildman–Crippen MR) is 78.0 cm³/mol. The molecule has 0 aromatic carbocycles. The van der Waals surface area contributed by atoms with Gasteiger partial charge in [0.2, 0.25) is 11.8 Å². The maximum atomic E-state index is 11.8. The molecule has 0 bridgehead atoms. The summed E-state index contributed by atoms with van der Waals surface area (Å²) >= 11 is 0. The van der Waals surface area contributed by atoms with Gasteiger partial charge < -0.3 is 15.0 Å². The Morgan fingerprint density at radius 3 is 2.86 bits per heavy atom. The molecule has 0 aromatic heterocycles. The first-order chi connectivity index (χ1) is 10.1. The molecule has 0 radical (unpaired) electrons. The van der Waals surface area contributed by atoms with Crippen LogP contribution in [-0.2, 0) is 19.1 Å². The van der Waals surface area contributed by atoms with Gasteiger partial charge >= 0.3 is 5.97 Å². The number of nitrogens with one attached hydrogen (secondary N) is 1. The summed E-state index contributed by atoms with van der Waals surface area (Å²) in [5, 5.41) is 2.71. The van der Waals surface area contributed by atoms with Gasteiger partial charge in [-0.3, -0.25) is 14.4 Å². The van der Waals surface area contributed by atoms with Gasteiger partial charge in [0.25, 0.3) is 0 Å². The van der Waals surface area contributed by atoms with Crippen LogP contribution >= 0.6 is 0 Å². The summed E-state index contributed by atoms with van der Waals surface area (Å²) < 4.78 is 5.10. The topological polar surface area (TPSA) is 75.7 Å². The lowest BCUT2D eigenvalue weighted by atomic mass is 10.1. The molecular weight excluding hydrogens is 272 g/mol. The molecule has 1 atom stereocenters. The minimum absolute atomic E-state index is 0.129. The molecule has 0 spiro atoms. The van der Waals surface area contributed by atoms with Gasteiger partial charge in [0.05, 0.1) is 6.61 Å². The first kappa shape index (κ1) is 16.9. The third-order valence-electron chi connectivity index (χ3n) is 3.18. The normalized spacial score (nSPS) is 18.0. The van der Waals surface area contributed by atoms with Crippen molar-refractivity contribution in [3.63, 3.8) is 0 Å². The van der Waals surface area contributed by atoms with E-state index in [4.69, 9.17) is 4.74 Å². The van der Waals surface area contributed by atoms with Crippen molar-refractivity contribution >= 4 is 17.8 Å². The van der Waals surface area contributed by atoms with Crippen molar-refractivity contribution < 1.29 is 19.1 Å². The molecule has 6 nitrogen and oxygen atoms in total. The van der Waals surface area contributed by atoms with Gasteiger partial charge in [-0.05, 0) is 38.5 Å². The van der Waals surface area contributed by atoms with E-state index in [2.05, 4.69) is 11.9 Å². The Morgan fingerprint density at radius 2 is 2.24 bits per heavy atom. The highest BCUT2D eigenvalue weighted by Crippen LogP contribution is 2.19. The van der Waals surface area contributed by atoms with Crippen molar-refractivity contribution in [2.75, 3.05) is 19.7 Å². The molecule has 0 aromatic rings. The number of unbranched alkanes of at least 4 members (excludes halogenated alkanes) is 1. The highest BCUT2D eigenvalue weighted by molar-refractivity contribution is 5.99. The van der Waals surface area contributed by atoms with Crippen molar-refractivity contribution in [1.29, 1.82) is 0 Å². The van der Waals surface area contributed by atoms with Gasteiger partial charge in [0.15, 0.2) is 0 Å². The Labute approximate surface area is 124 Å². The number of carbonyl (C=O) groups is 3. The summed E-state index contributed by atoms with van der Waals surface area (Å²) in [5.74, 6) is -1.54. The van der Waals surface area contributed by atoms with E-state index in [1.807, 2.05) is 0 Å². The summed E-state index contributed by atoms with van der Waals surface area (Å²) in [6, 6.07) is 0. The second kappa shape index (κ2) is 8.94. The number of ether oxygens (including phenoxy) is 1. The third-order valence-corrected chi connectivity index (χ3v) is 3.18. The Balaban J connectivity index is 2.13. The first-order valence-electron chi connectivity index (χ1n) is 7.10. The quantitative estimate of drug-likeness (QED) is 0.313. The zero-order valence-corrected chi connectivity index (χ0v) is 12.3. The zero-order valence-electron chi connectivity index (χ0n) is 12.3. The van der Waals surface area contributed by atoms with E-state index in [-0.39, 0.29) is 18.4 Å². The van der Waals surface area contributed by atoms with Gasteiger partial charge in [-0.15, -0.1) is 0 Å². The largest absolute Gasteiger partial charge is 0.465 e. The van der Waals surface area contributed by atoms with E-state index in [0.717, 1.165) is 0 Å². The summed E-state index contributed by atoms with van der Waals surface area (Å²) in [5.41, 5.74) is 0. The monoisotopic (exact) mass is 294 g/mol. The Hall–Kier alpha value is -2.11. The predicted octanol–water partition coefficient (Wildman–Crippen LogP) is 0.994. The van der Waals surface area contributed by atoms with Crippen LogP contribution in [0.5, 0.6) is 0 Å². The number of hydrogen-bond acceptors (Lipinski definition) is 4. The maximum Gasteiger partial charge on any atom is 0.318 e. The number of allylic oxidation sites excluding steroid dienone is 1. The lowest BCUT2D eigenvalue weighted by Gasteiger charge is -2.11. The number of esters is 1. The van der Waals surface area contributed by atoms with Crippen LogP contribution in [-0.4, -0.2) is 42.4 Å². The molecule has 1 aliphatic rings. The van der Waals surface area contributed by atoms with Crippen LogP contribution in [0.3, 0.4) is 0 Å². The zero-order chi connectivity index (χ0) is 15.7. The van der Waals surface area contributed by atoms with Crippen LogP contribution in [0.15, 0.2) is 24.9 Å². The van der Waals surface area contributed by atoms with Gasteiger partial charge in [-0.1, -0.05) is 12.7 Å². The van der Waals surface area contributed by atoms with E-state index in [1.165, 1.54) is 17.2 Å². The lowest BCUT2D eigenvalue weighted by molar-refractivity contribution is -0.152. The number of rotatable bonds is 8. The first-order valence-corrected chi connectivity index (χ1v) is 7.10. The van der Waals surface area contributed by atoms with Crippen molar-refractivity contribution in [2.24, 2.45) is 5.92 Å². The average Bonchev–Trinajstić information content (AvgIpc) is 2.83. The Morgan fingerprint density at radius 1 is 1.48 bits per heavy atom. The van der Waals surface area contributed by atoms with Crippen molar-refractivity contribution in [3.05, 3.63) is 24.9 Å². The van der Waals surface area contributed by atoms with Crippen LogP contribution in [0.4, 0.5) is 0 Å². The number of amides is 2. The highest BCUT2D eigenvalue weighted by atomic mass is 16.5. The molecule has 1 saturated heterocycles.